The fourth-order valence-electron chi connectivity index (χ4n) is 1.61. The van der Waals surface area contributed by atoms with Crippen LogP contribution in [0.5, 0.6) is 0 Å². The number of aromatic amines is 1. The molecule has 0 saturated carbocycles. The molecule has 0 unspecified atom stereocenters. The van der Waals surface area contributed by atoms with Crippen LogP contribution in [0.2, 0.25) is 0 Å². The molecule has 3 aromatic rings. The fraction of sp³-hybridized carbons (Fsp3) is 0.0909. The van der Waals surface area contributed by atoms with Gasteiger partial charge in [-0.3, -0.25) is 4.79 Å². The van der Waals surface area contributed by atoms with Crippen molar-refractivity contribution in [2.45, 2.75) is 6.54 Å². The monoisotopic (exact) mass is 243 g/mol. The zero-order valence-corrected chi connectivity index (χ0v) is 9.25. The van der Waals surface area contributed by atoms with E-state index in [4.69, 9.17) is 0 Å². The van der Waals surface area contributed by atoms with E-state index >= 15 is 0 Å². The molecule has 0 spiro atoms. The summed E-state index contributed by atoms with van der Waals surface area (Å²) in [5.41, 5.74) is 2.20. The summed E-state index contributed by atoms with van der Waals surface area (Å²) in [6.45, 7) is 0.232. The SMILES string of the molecule is O=C(NCc1ncon1)c1ccc2nc[nH]c2c1. The summed E-state index contributed by atoms with van der Waals surface area (Å²) < 4.78 is 4.57. The molecular formula is C11H9N5O2. The van der Waals surface area contributed by atoms with E-state index in [0.29, 0.717) is 11.4 Å². The Hall–Kier alpha value is -2.70. The van der Waals surface area contributed by atoms with Crippen molar-refractivity contribution in [3.05, 3.63) is 42.3 Å². The van der Waals surface area contributed by atoms with Crippen LogP contribution in [0.1, 0.15) is 16.2 Å². The Bertz CT molecular complexity index is 674. The van der Waals surface area contributed by atoms with Crippen LogP contribution >= 0.6 is 0 Å². The van der Waals surface area contributed by atoms with E-state index in [2.05, 4.69) is 29.9 Å². The summed E-state index contributed by atoms with van der Waals surface area (Å²) in [7, 11) is 0. The van der Waals surface area contributed by atoms with Gasteiger partial charge in [-0.2, -0.15) is 4.98 Å². The molecule has 0 saturated heterocycles. The molecule has 1 amide bonds. The van der Waals surface area contributed by atoms with Gasteiger partial charge in [0.05, 0.1) is 23.9 Å². The van der Waals surface area contributed by atoms with Crippen LogP contribution in [0.15, 0.2) is 35.4 Å². The van der Waals surface area contributed by atoms with Crippen molar-refractivity contribution < 1.29 is 9.32 Å². The first kappa shape index (κ1) is 10.5. The van der Waals surface area contributed by atoms with Gasteiger partial charge in [0.15, 0.2) is 5.82 Å². The highest BCUT2D eigenvalue weighted by Crippen LogP contribution is 2.11. The van der Waals surface area contributed by atoms with Crippen molar-refractivity contribution in [1.29, 1.82) is 0 Å². The smallest absolute Gasteiger partial charge is 0.251 e. The Balaban J connectivity index is 1.75. The summed E-state index contributed by atoms with van der Waals surface area (Å²) in [6.07, 6.45) is 2.81. The van der Waals surface area contributed by atoms with Gasteiger partial charge in [0, 0.05) is 5.56 Å². The van der Waals surface area contributed by atoms with Gasteiger partial charge in [-0.05, 0) is 18.2 Å². The molecule has 0 fully saturated rings. The van der Waals surface area contributed by atoms with E-state index in [1.807, 2.05) is 0 Å². The Morgan fingerprint density at radius 2 is 2.33 bits per heavy atom. The van der Waals surface area contributed by atoms with Crippen LogP contribution in [0.25, 0.3) is 11.0 Å². The molecule has 0 aliphatic heterocycles. The number of hydrogen-bond donors (Lipinski definition) is 2. The van der Waals surface area contributed by atoms with Crippen molar-refractivity contribution in [3.63, 3.8) is 0 Å². The van der Waals surface area contributed by atoms with Gasteiger partial charge in [0.25, 0.3) is 5.91 Å². The lowest BCUT2D eigenvalue weighted by Crippen LogP contribution is -2.23. The first-order chi connectivity index (χ1) is 8.83. The summed E-state index contributed by atoms with van der Waals surface area (Å²) in [5.74, 6) is 0.238. The van der Waals surface area contributed by atoms with Gasteiger partial charge < -0.3 is 14.8 Å². The van der Waals surface area contributed by atoms with Gasteiger partial charge in [-0.1, -0.05) is 5.16 Å². The number of carbonyl (C=O) groups excluding carboxylic acids is 1. The maximum atomic E-state index is 11.9. The number of hydrogen-bond acceptors (Lipinski definition) is 5. The topological polar surface area (TPSA) is 96.7 Å². The molecule has 1 aromatic carbocycles. The van der Waals surface area contributed by atoms with Crippen molar-refractivity contribution in [2.75, 3.05) is 0 Å². The highest BCUT2D eigenvalue weighted by molar-refractivity contribution is 5.97. The molecule has 0 aliphatic rings. The van der Waals surface area contributed by atoms with E-state index < -0.39 is 0 Å². The van der Waals surface area contributed by atoms with Gasteiger partial charge >= 0.3 is 0 Å². The first-order valence-corrected chi connectivity index (χ1v) is 5.29. The number of aromatic nitrogens is 4. The lowest BCUT2D eigenvalue weighted by atomic mass is 10.2. The second kappa shape index (κ2) is 4.28. The van der Waals surface area contributed by atoms with Gasteiger partial charge in [0.2, 0.25) is 6.39 Å². The van der Waals surface area contributed by atoms with E-state index in [1.54, 1.807) is 24.5 Å². The number of amides is 1. The molecule has 0 aliphatic carbocycles. The molecule has 2 aromatic heterocycles. The third kappa shape index (κ3) is 1.93. The number of carbonyl (C=O) groups is 1. The van der Waals surface area contributed by atoms with Crippen LogP contribution in [-0.4, -0.2) is 26.0 Å². The molecule has 2 heterocycles. The van der Waals surface area contributed by atoms with E-state index in [9.17, 15) is 4.79 Å². The second-order valence-electron chi connectivity index (χ2n) is 3.66. The number of benzene rings is 1. The lowest BCUT2D eigenvalue weighted by Gasteiger charge is -2.02. The highest BCUT2D eigenvalue weighted by Gasteiger charge is 2.08. The Morgan fingerprint density at radius 3 is 3.17 bits per heavy atom. The summed E-state index contributed by atoms with van der Waals surface area (Å²) in [6, 6.07) is 5.25. The molecule has 7 heteroatoms. The normalized spacial score (nSPS) is 10.7. The van der Waals surface area contributed by atoms with Gasteiger partial charge in [-0.25, -0.2) is 4.98 Å². The average Bonchev–Trinajstić information content (AvgIpc) is 3.05. The van der Waals surface area contributed by atoms with Crippen LogP contribution in [0, 0.1) is 0 Å². The van der Waals surface area contributed by atoms with Crippen LogP contribution in [0.3, 0.4) is 0 Å². The average molecular weight is 243 g/mol. The molecule has 3 rings (SSSR count). The Kier molecular flexibility index (Phi) is 2.49. The van der Waals surface area contributed by atoms with Crippen molar-refractivity contribution >= 4 is 16.9 Å². The standard InChI is InChI=1S/C11H9N5O2/c17-11(12-4-10-15-6-18-16-10)7-1-2-8-9(3-7)14-5-13-8/h1-3,5-6H,4H2,(H,12,17)(H,13,14). The number of rotatable bonds is 3. The van der Waals surface area contributed by atoms with Crippen LogP contribution in [0.4, 0.5) is 0 Å². The molecule has 0 radical (unpaired) electrons. The molecule has 90 valence electrons. The second-order valence-corrected chi connectivity index (χ2v) is 3.66. The number of nitrogens with one attached hydrogen (secondary N) is 2. The van der Waals surface area contributed by atoms with Crippen molar-refractivity contribution in [3.8, 4) is 0 Å². The molecule has 0 atom stereocenters. The van der Waals surface area contributed by atoms with Crippen LogP contribution < -0.4 is 5.32 Å². The van der Waals surface area contributed by atoms with E-state index in [1.165, 1.54) is 6.39 Å². The van der Waals surface area contributed by atoms with E-state index in [-0.39, 0.29) is 12.5 Å². The number of imidazole rings is 1. The zero-order valence-electron chi connectivity index (χ0n) is 9.25. The quantitative estimate of drug-likeness (QED) is 0.711. The minimum atomic E-state index is -0.198. The number of nitrogens with zero attached hydrogens (tertiary/aromatic N) is 3. The summed E-state index contributed by atoms with van der Waals surface area (Å²) >= 11 is 0. The van der Waals surface area contributed by atoms with Crippen LogP contribution in [-0.2, 0) is 6.54 Å². The minimum absolute atomic E-state index is 0.198. The largest absolute Gasteiger partial charge is 0.345 e. The molecule has 18 heavy (non-hydrogen) atoms. The predicted octanol–water partition coefficient (Wildman–Crippen LogP) is 0.876. The third-order valence-electron chi connectivity index (χ3n) is 2.50. The first-order valence-electron chi connectivity index (χ1n) is 5.29. The summed E-state index contributed by atoms with van der Waals surface area (Å²) in [4.78, 5) is 22.7. The van der Waals surface area contributed by atoms with Crippen molar-refractivity contribution in [1.82, 2.24) is 25.4 Å². The van der Waals surface area contributed by atoms with Crippen molar-refractivity contribution in [2.24, 2.45) is 0 Å². The van der Waals surface area contributed by atoms with Gasteiger partial charge in [-0.15, -0.1) is 0 Å². The Morgan fingerprint density at radius 1 is 1.39 bits per heavy atom. The van der Waals surface area contributed by atoms with E-state index in [0.717, 1.165) is 11.0 Å². The molecule has 2 N–H and O–H groups in total. The highest BCUT2D eigenvalue weighted by atomic mass is 16.5. The predicted molar refractivity (Wildman–Crippen MR) is 61.6 cm³/mol. The lowest BCUT2D eigenvalue weighted by molar-refractivity contribution is 0.0950. The molecular weight excluding hydrogens is 234 g/mol. The molecule has 7 nitrogen and oxygen atoms in total. The maximum Gasteiger partial charge on any atom is 0.251 e. The maximum absolute atomic E-state index is 11.9. The Labute approximate surface area is 101 Å². The number of H-pyrrole nitrogens is 1. The number of fused-ring (bicyclic) bond motifs is 1. The molecule has 0 bridgehead atoms. The third-order valence-corrected chi connectivity index (χ3v) is 2.50. The minimum Gasteiger partial charge on any atom is -0.345 e. The fourth-order valence-corrected chi connectivity index (χ4v) is 1.61. The zero-order chi connectivity index (χ0) is 12.4. The van der Waals surface area contributed by atoms with Gasteiger partial charge in [0.1, 0.15) is 0 Å². The summed E-state index contributed by atoms with van der Waals surface area (Å²) in [5, 5.41) is 6.31.